The van der Waals surface area contributed by atoms with Crippen LogP contribution in [-0.2, 0) is 14.3 Å². The topological polar surface area (TPSA) is 114 Å². The number of benzene rings is 2. The molecule has 8 nitrogen and oxygen atoms in total. The van der Waals surface area contributed by atoms with Crippen LogP contribution in [0.3, 0.4) is 0 Å². The van der Waals surface area contributed by atoms with Crippen molar-refractivity contribution in [3.63, 3.8) is 0 Å². The Morgan fingerprint density at radius 3 is 2.58 bits per heavy atom. The van der Waals surface area contributed by atoms with Crippen LogP contribution in [0.1, 0.15) is 24.5 Å². The maximum Gasteiger partial charge on any atom is 0.412 e. The van der Waals surface area contributed by atoms with Crippen LogP contribution in [-0.4, -0.2) is 48.7 Å². The van der Waals surface area contributed by atoms with E-state index in [4.69, 9.17) is 24.4 Å². The van der Waals surface area contributed by atoms with Crippen LogP contribution in [0.2, 0.25) is 0 Å². The van der Waals surface area contributed by atoms with Gasteiger partial charge >= 0.3 is 12.1 Å². The van der Waals surface area contributed by atoms with Crippen molar-refractivity contribution in [2.24, 2.45) is 0 Å². The average Bonchev–Trinajstić information content (AvgIpc) is 2.77. The molecule has 2 rings (SSSR count). The van der Waals surface area contributed by atoms with Crippen molar-refractivity contribution in [2.45, 2.75) is 25.0 Å². The monoisotopic (exact) mass is 429 g/mol. The van der Waals surface area contributed by atoms with Crippen LogP contribution >= 0.6 is 0 Å². The fourth-order valence-electron chi connectivity index (χ4n) is 2.92. The molecule has 2 atom stereocenters. The molecule has 0 heterocycles. The summed E-state index contributed by atoms with van der Waals surface area (Å²) < 4.78 is 16.8. The van der Waals surface area contributed by atoms with Crippen LogP contribution in [0.4, 0.5) is 10.5 Å². The minimum Gasteiger partial charge on any atom is -0.491 e. The van der Waals surface area contributed by atoms with Crippen LogP contribution in [0, 0.1) is 0 Å². The molecule has 166 valence electrons. The molecule has 3 N–H and O–H groups in total. The normalized spacial score (nSPS) is 12.8. The molecule has 31 heavy (non-hydrogen) atoms. The maximum absolute atomic E-state index is 12.5. The molecule has 0 unspecified atom stereocenters. The molecule has 0 saturated heterocycles. The molecule has 0 aliphatic carbocycles. The summed E-state index contributed by atoms with van der Waals surface area (Å²) in [7, 11) is 1.50. The van der Waals surface area contributed by atoms with Gasteiger partial charge in [-0.05, 0) is 42.7 Å². The predicted molar refractivity (Wildman–Crippen MR) is 115 cm³/mol. The summed E-state index contributed by atoms with van der Waals surface area (Å²) in [5, 5.41) is 20.4. The quantitative estimate of drug-likeness (QED) is 0.440. The van der Waals surface area contributed by atoms with Crippen LogP contribution in [0.5, 0.6) is 5.75 Å². The largest absolute Gasteiger partial charge is 0.491 e. The van der Waals surface area contributed by atoms with Gasteiger partial charge in [-0.25, -0.2) is 9.59 Å². The third-order valence-electron chi connectivity index (χ3n) is 4.32. The van der Waals surface area contributed by atoms with Crippen LogP contribution < -0.4 is 10.1 Å². The molecule has 0 aliphatic heterocycles. The first-order chi connectivity index (χ1) is 15.0. The number of para-hydroxylation sites is 1. The number of rotatable bonds is 12. The van der Waals surface area contributed by atoms with Gasteiger partial charge in [-0.2, -0.15) is 0 Å². The van der Waals surface area contributed by atoms with Gasteiger partial charge in [0.2, 0.25) is 0 Å². The third-order valence-corrected chi connectivity index (χ3v) is 4.32. The minimum absolute atomic E-state index is 0.125. The molecular formula is C23H27NO7. The Hall–Kier alpha value is -3.36. The number of nitrogens with one attached hydrogen (secondary N) is 1. The van der Waals surface area contributed by atoms with Crippen molar-refractivity contribution in [2.75, 3.05) is 25.6 Å². The zero-order valence-corrected chi connectivity index (χ0v) is 17.3. The summed E-state index contributed by atoms with van der Waals surface area (Å²) in [4.78, 5) is 23.2. The smallest absolute Gasteiger partial charge is 0.412 e. The Bertz CT molecular complexity index is 854. The molecule has 0 aliphatic rings. The number of anilines is 1. The Morgan fingerprint density at radius 1 is 1.13 bits per heavy atom. The molecule has 2 aromatic rings. The molecule has 0 bridgehead atoms. The number of amides is 1. The first kappa shape index (κ1) is 23.9. The third kappa shape index (κ3) is 8.49. The second-order valence-corrected chi connectivity index (χ2v) is 6.55. The number of aliphatic hydroxyl groups excluding tert-OH is 1. The lowest BCUT2D eigenvalue weighted by Crippen LogP contribution is -2.28. The van der Waals surface area contributed by atoms with Gasteiger partial charge in [0.1, 0.15) is 12.4 Å². The second-order valence-electron chi connectivity index (χ2n) is 6.55. The van der Waals surface area contributed by atoms with E-state index in [-0.39, 0.29) is 13.2 Å². The molecule has 0 spiro atoms. The van der Waals surface area contributed by atoms with Crippen molar-refractivity contribution < 1.29 is 34.0 Å². The van der Waals surface area contributed by atoms with Gasteiger partial charge in [-0.15, -0.1) is 0 Å². The van der Waals surface area contributed by atoms with Gasteiger partial charge in [-0.3, -0.25) is 5.32 Å². The number of carbonyl (C=O) groups is 2. The summed E-state index contributed by atoms with van der Waals surface area (Å²) in [6.07, 6.45) is 1.47. The number of aliphatic carboxylic acids is 1. The lowest BCUT2D eigenvalue weighted by molar-refractivity contribution is -0.131. The first-order valence-corrected chi connectivity index (χ1v) is 9.82. The Kier molecular flexibility index (Phi) is 10.1. The van der Waals surface area contributed by atoms with E-state index in [0.717, 1.165) is 6.08 Å². The molecule has 0 radical (unpaired) electrons. The Morgan fingerprint density at radius 2 is 1.90 bits per heavy atom. The van der Waals surface area contributed by atoms with Gasteiger partial charge < -0.3 is 24.4 Å². The standard InChI is InChI=1S/C23H27NO7/c1-29-20(12-5-6-13-21(26)27)22(17-8-7-11-19(16-17)30-15-14-25)31-23(28)24-18-9-3-2-4-10-18/h2-4,6-11,13,16,20,22,25H,5,12,14-15H2,1H3,(H,24,28)(H,26,27)/b13-6+/t20-,22-/m0/s1. The van der Waals surface area contributed by atoms with Gasteiger partial charge in [0.15, 0.2) is 6.10 Å². The lowest BCUT2D eigenvalue weighted by atomic mass is 10.00. The summed E-state index contributed by atoms with van der Waals surface area (Å²) in [6, 6.07) is 15.9. The van der Waals surface area contributed by atoms with Gasteiger partial charge in [-0.1, -0.05) is 36.4 Å². The molecular weight excluding hydrogens is 402 g/mol. The fourth-order valence-corrected chi connectivity index (χ4v) is 2.92. The van der Waals surface area contributed by atoms with E-state index in [1.165, 1.54) is 13.2 Å². The summed E-state index contributed by atoms with van der Waals surface area (Å²) in [5.74, 6) is -0.512. The molecule has 0 saturated carbocycles. The number of aliphatic hydroxyl groups is 1. The number of methoxy groups -OCH3 is 1. The highest BCUT2D eigenvalue weighted by Gasteiger charge is 2.27. The molecule has 8 heteroatoms. The predicted octanol–water partition coefficient (Wildman–Crippen LogP) is 3.78. The fraction of sp³-hybridized carbons (Fsp3) is 0.304. The zero-order chi connectivity index (χ0) is 22.5. The van der Waals surface area contributed by atoms with Crippen LogP contribution in [0.15, 0.2) is 66.7 Å². The van der Waals surface area contributed by atoms with Gasteiger partial charge in [0, 0.05) is 18.9 Å². The second kappa shape index (κ2) is 13.0. The van der Waals surface area contributed by atoms with Crippen molar-refractivity contribution >= 4 is 17.7 Å². The average molecular weight is 429 g/mol. The van der Waals surface area contributed by atoms with Crippen molar-refractivity contribution in [3.8, 4) is 5.75 Å². The van der Waals surface area contributed by atoms with E-state index >= 15 is 0 Å². The summed E-state index contributed by atoms with van der Waals surface area (Å²) >= 11 is 0. The van der Waals surface area contributed by atoms with Crippen molar-refractivity contribution in [1.82, 2.24) is 0 Å². The zero-order valence-electron chi connectivity index (χ0n) is 17.3. The molecule has 1 amide bonds. The molecule has 2 aromatic carbocycles. The number of carboxylic acid groups (broad SMARTS) is 1. The maximum atomic E-state index is 12.5. The number of allylic oxidation sites excluding steroid dienone is 1. The van der Waals surface area contributed by atoms with E-state index in [2.05, 4.69) is 5.32 Å². The Labute approximate surface area is 181 Å². The lowest BCUT2D eigenvalue weighted by Gasteiger charge is -2.26. The highest BCUT2D eigenvalue weighted by Crippen LogP contribution is 2.29. The molecule has 0 aromatic heterocycles. The summed E-state index contributed by atoms with van der Waals surface area (Å²) in [5.41, 5.74) is 1.23. The number of hydrogen-bond donors (Lipinski definition) is 3. The highest BCUT2D eigenvalue weighted by atomic mass is 16.6. The van der Waals surface area contributed by atoms with E-state index in [1.807, 2.05) is 6.07 Å². The van der Waals surface area contributed by atoms with Gasteiger partial charge in [0.05, 0.1) is 12.7 Å². The van der Waals surface area contributed by atoms with E-state index in [0.29, 0.717) is 29.8 Å². The number of carboxylic acids is 1. The van der Waals surface area contributed by atoms with E-state index < -0.39 is 24.3 Å². The number of ether oxygens (including phenoxy) is 3. The summed E-state index contributed by atoms with van der Waals surface area (Å²) in [6.45, 7) is 0.0113. The minimum atomic E-state index is -1.03. The van der Waals surface area contributed by atoms with Gasteiger partial charge in [0.25, 0.3) is 0 Å². The van der Waals surface area contributed by atoms with E-state index in [9.17, 15) is 9.59 Å². The SMILES string of the molecule is CO[C@@H](CC/C=C/C(=O)O)[C@@H](OC(=O)Nc1ccccc1)c1cccc(OCCO)c1. The molecule has 0 fully saturated rings. The number of hydrogen-bond acceptors (Lipinski definition) is 6. The number of carbonyl (C=O) groups excluding carboxylic acids is 1. The Balaban J connectivity index is 2.20. The van der Waals surface area contributed by atoms with E-state index in [1.54, 1.807) is 48.5 Å². The highest BCUT2D eigenvalue weighted by molar-refractivity contribution is 5.84. The van der Waals surface area contributed by atoms with Crippen LogP contribution in [0.25, 0.3) is 0 Å². The van der Waals surface area contributed by atoms with Crippen molar-refractivity contribution in [3.05, 3.63) is 72.3 Å². The van der Waals surface area contributed by atoms with Crippen molar-refractivity contribution in [1.29, 1.82) is 0 Å². The first-order valence-electron chi connectivity index (χ1n) is 9.82.